The van der Waals surface area contributed by atoms with E-state index in [0.29, 0.717) is 24.3 Å². The van der Waals surface area contributed by atoms with Crippen molar-refractivity contribution in [2.45, 2.75) is 51.0 Å². The van der Waals surface area contributed by atoms with E-state index in [1.165, 1.54) is 0 Å². The summed E-state index contributed by atoms with van der Waals surface area (Å²) >= 11 is 0. The van der Waals surface area contributed by atoms with Crippen LogP contribution in [0.4, 0.5) is 0 Å². The van der Waals surface area contributed by atoms with Crippen LogP contribution >= 0.6 is 0 Å². The molecule has 6 nitrogen and oxygen atoms in total. The summed E-state index contributed by atoms with van der Waals surface area (Å²) in [6.07, 6.45) is 3.81. The Balaban J connectivity index is 1.67. The number of aromatic hydroxyl groups is 1. The highest BCUT2D eigenvalue weighted by atomic mass is 16.6. The van der Waals surface area contributed by atoms with Crippen LogP contribution in [-0.2, 0) is 19.1 Å². The Morgan fingerprint density at radius 3 is 2.75 bits per heavy atom. The first kappa shape index (κ1) is 18.9. The molecule has 0 spiro atoms. The third-order valence-electron chi connectivity index (χ3n) is 5.78. The molecular weight excluding hydrogens is 358 g/mol. The molecule has 1 saturated heterocycles. The van der Waals surface area contributed by atoms with Crippen molar-refractivity contribution < 1.29 is 24.2 Å². The summed E-state index contributed by atoms with van der Waals surface area (Å²) in [5.41, 5.74) is 2.90. The van der Waals surface area contributed by atoms with Gasteiger partial charge in [-0.25, -0.2) is 0 Å². The largest absolute Gasteiger partial charge is 0.508 e. The first-order valence-electron chi connectivity index (χ1n) is 9.93. The zero-order chi connectivity index (χ0) is 19.7. The Kier molecular flexibility index (Phi) is 5.31. The fraction of sp³-hybridized carbons (Fsp3) is 0.500. The first-order valence-corrected chi connectivity index (χ1v) is 9.93. The van der Waals surface area contributed by atoms with Crippen LogP contribution in [0.2, 0.25) is 0 Å². The van der Waals surface area contributed by atoms with E-state index >= 15 is 0 Å². The number of phenols is 1. The molecule has 1 aliphatic carbocycles. The molecule has 1 N–H and O–H groups in total. The topological polar surface area (TPSA) is 85.2 Å². The van der Waals surface area contributed by atoms with E-state index in [4.69, 9.17) is 9.47 Å². The lowest BCUT2D eigenvalue weighted by Crippen LogP contribution is -2.38. The van der Waals surface area contributed by atoms with Crippen molar-refractivity contribution in [1.29, 1.82) is 0 Å². The Labute approximate surface area is 164 Å². The lowest BCUT2D eigenvalue weighted by molar-refractivity contribution is -0.149. The number of ketones is 1. The van der Waals surface area contributed by atoms with E-state index in [2.05, 4.69) is 4.99 Å². The first-order chi connectivity index (χ1) is 13.5. The summed E-state index contributed by atoms with van der Waals surface area (Å²) in [7, 11) is 0. The van der Waals surface area contributed by atoms with Gasteiger partial charge in [0.1, 0.15) is 18.3 Å². The molecule has 148 valence electrons. The lowest BCUT2D eigenvalue weighted by Gasteiger charge is -2.34. The predicted molar refractivity (Wildman–Crippen MR) is 103 cm³/mol. The normalized spacial score (nSPS) is 27.4. The van der Waals surface area contributed by atoms with Crippen molar-refractivity contribution in [2.24, 2.45) is 10.9 Å². The molecule has 2 heterocycles. The summed E-state index contributed by atoms with van der Waals surface area (Å²) < 4.78 is 11.1. The van der Waals surface area contributed by atoms with Crippen molar-refractivity contribution in [3.63, 3.8) is 0 Å². The Hall–Kier alpha value is -2.47. The summed E-state index contributed by atoms with van der Waals surface area (Å²) in [6.45, 7) is 2.76. The summed E-state index contributed by atoms with van der Waals surface area (Å²) in [5.74, 6) is -1.26. The number of nitrogens with zero attached hydrogens (tertiary/aromatic N) is 1. The average Bonchev–Trinajstić information content (AvgIpc) is 3.19. The molecule has 6 heteroatoms. The van der Waals surface area contributed by atoms with Gasteiger partial charge in [0.05, 0.1) is 6.10 Å². The van der Waals surface area contributed by atoms with Crippen LogP contribution in [0.3, 0.4) is 0 Å². The van der Waals surface area contributed by atoms with Gasteiger partial charge in [0.15, 0.2) is 5.78 Å². The molecule has 1 aromatic carbocycles. The maximum absolute atomic E-state index is 13.1. The van der Waals surface area contributed by atoms with E-state index in [1.54, 1.807) is 24.3 Å². The van der Waals surface area contributed by atoms with E-state index in [1.807, 2.05) is 6.92 Å². The Morgan fingerprint density at radius 2 is 2.04 bits per heavy atom. The van der Waals surface area contributed by atoms with E-state index < -0.39 is 11.8 Å². The van der Waals surface area contributed by atoms with Gasteiger partial charge in [0.25, 0.3) is 0 Å². The third-order valence-corrected chi connectivity index (χ3v) is 5.78. The van der Waals surface area contributed by atoms with Crippen LogP contribution in [0.25, 0.3) is 0 Å². The molecular formula is C22H25NO5. The van der Waals surface area contributed by atoms with Crippen LogP contribution in [0, 0.1) is 5.92 Å². The molecule has 3 atom stereocenters. The quantitative estimate of drug-likeness (QED) is 0.807. The minimum atomic E-state index is -0.647. The monoisotopic (exact) mass is 383 g/mol. The second-order valence-electron chi connectivity index (χ2n) is 7.70. The molecule has 1 fully saturated rings. The zero-order valence-corrected chi connectivity index (χ0v) is 16.0. The van der Waals surface area contributed by atoms with Gasteiger partial charge in [-0.3, -0.25) is 14.6 Å². The van der Waals surface area contributed by atoms with Gasteiger partial charge >= 0.3 is 5.97 Å². The van der Waals surface area contributed by atoms with Crippen molar-refractivity contribution in [3.05, 3.63) is 41.1 Å². The number of carbonyl (C=O) groups excluding carboxylic acids is 2. The number of ether oxygens (including phenoxy) is 2. The van der Waals surface area contributed by atoms with E-state index in [9.17, 15) is 14.7 Å². The highest BCUT2D eigenvalue weighted by Crippen LogP contribution is 2.43. The minimum Gasteiger partial charge on any atom is -0.508 e. The molecule has 0 radical (unpaired) electrons. The number of aliphatic imine (C=N–C) groups is 1. The SMILES string of the molecule is CC1=NC2=C(C(=O)CCC2)[C@H](c2ccc(O)cc2)C1C(=O)OC[C@H]1CCCO1. The van der Waals surface area contributed by atoms with Gasteiger partial charge in [-0.1, -0.05) is 12.1 Å². The van der Waals surface area contributed by atoms with E-state index in [0.717, 1.165) is 36.9 Å². The third kappa shape index (κ3) is 3.61. The molecule has 4 rings (SSSR count). The molecule has 2 aliphatic heterocycles. The van der Waals surface area contributed by atoms with Crippen molar-refractivity contribution in [2.75, 3.05) is 13.2 Å². The summed E-state index contributed by atoms with van der Waals surface area (Å²) in [6, 6.07) is 6.70. The van der Waals surface area contributed by atoms with Gasteiger partial charge in [0.2, 0.25) is 0 Å². The lowest BCUT2D eigenvalue weighted by atomic mass is 9.72. The fourth-order valence-electron chi connectivity index (χ4n) is 4.39. The Bertz CT molecular complexity index is 833. The number of benzene rings is 1. The highest BCUT2D eigenvalue weighted by Gasteiger charge is 2.43. The molecule has 0 bridgehead atoms. The molecule has 1 aromatic rings. The number of rotatable bonds is 4. The molecule has 0 saturated carbocycles. The number of hydrogen-bond donors (Lipinski definition) is 1. The number of esters is 1. The van der Waals surface area contributed by atoms with Crippen molar-refractivity contribution in [1.82, 2.24) is 0 Å². The summed E-state index contributed by atoms with van der Waals surface area (Å²) in [4.78, 5) is 30.5. The maximum atomic E-state index is 13.1. The Morgan fingerprint density at radius 1 is 1.25 bits per heavy atom. The molecule has 3 aliphatic rings. The maximum Gasteiger partial charge on any atom is 0.315 e. The van der Waals surface area contributed by atoms with Gasteiger partial charge in [-0.15, -0.1) is 0 Å². The minimum absolute atomic E-state index is 0.0486. The smallest absolute Gasteiger partial charge is 0.315 e. The molecule has 28 heavy (non-hydrogen) atoms. The fourth-order valence-corrected chi connectivity index (χ4v) is 4.39. The van der Waals surface area contributed by atoms with Crippen LogP contribution < -0.4 is 0 Å². The van der Waals surface area contributed by atoms with Gasteiger partial charge in [-0.05, 0) is 50.3 Å². The number of allylic oxidation sites excluding steroid dienone is 2. The van der Waals surface area contributed by atoms with Crippen LogP contribution in [0.1, 0.15) is 50.5 Å². The predicted octanol–water partition coefficient (Wildman–Crippen LogP) is 3.30. The average molecular weight is 383 g/mol. The zero-order valence-electron chi connectivity index (χ0n) is 16.0. The van der Waals surface area contributed by atoms with Crippen molar-refractivity contribution >= 4 is 17.5 Å². The number of Topliss-reactive ketones (excluding diaryl/α,β-unsaturated/α-hetero) is 1. The van der Waals surface area contributed by atoms with E-state index in [-0.39, 0.29) is 30.2 Å². The summed E-state index contributed by atoms with van der Waals surface area (Å²) in [5, 5.41) is 9.66. The molecule has 0 aromatic heterocycles. The molecule has 1 unspecified atom stereocenters. The number of phenolic OH excluding ortho intramolecular Hbond substituents is 1. The van der Waals surface area contributed by atoms with Gasteiger partial charge < -0.3 is 14.6 Å². The van der Waals surface area contributed by atoms with Crippen LogP contribution in [0.5, 0.6) is 5.75 Å². The second kappa shape index (κ2) is 7.87. The number of hydrogen-bond acceptors (Lipinski definition) is 6. The van der Waals surface area contributed by atoms with Crippen LogP contribution in [0.15, 0.2) is 40.5 Å². The highest BCUT2D eigenvalue weighted by molar-refractivity contribution is 6.08. The standard InChI is InChI=1S/C22H25NO5/c1-13-19(22(26)28-12-16-4-3-11-27-16)20(14-7-9-15(24)10-8-14)21-17(23-13)5-2-6-18(21)25/h7-10,16,19-20,24H,2-6,11-12H2,1H3/t16-,19?,20-/m1/s1. The van der Waals surface area contributed by atoms with Gasteiger partial charge in [-0.2, -0.15) is 0 Å². The second-order valence-corrected chi connectivity index (χ2v) is 7.70. The van der Waals surface area contributed by atoms with Crippen molar-refractivity contribution in [3.8, 4) is 5.75 Å². The number of carbonyl (C=O) groups is 2. The van der Waals surface area contributed by atoms with Crippen LogP contribution in [-0.4, -0.2) is 41.9 Å². The van der Waals surface area contributed by atoms with Gasteiger partial charge in [0, 0.05) is 35.9 Å². The molecule has 0 amide bonds.